The minimum atomic E-state index is -0.847. The van der Waals surface area contributed by atoms with Gasteiger partial charge in [0.05, 0.1) is 11.7 Å². The number of aliphatic hydroxyl groups is 2. The van der Waals surface area contributed by atoms with E-state index in [2.05, 4.69) is 0 Å². The fourth-order valence-electron chi connectivity index (χ4n) is 1.27. The maximum absolute atomic E-state index is 11.1. The molecular weight excluding hydrogens is 160 g/mol. The highest BCUT2D eigenvalue weighted by Crippen LogP contribution is 2.20. The summed E-state index contributed by atoms with van der Waals surface area (Å²) < 4.78 is 0. The monoisotopic (exact) mass is 170 g/mol. The molecule has 1 aliphatic carbocycles. The lowest BCUT2D eigenvalue weighted by Gasteiger charge is -2.17. The van der Waals surface area contributed by atoms with Crippen LogP contribution in [-0.4, -0.2) is 27.9 Å². The number of Topliss-reactive ketones (excluding diaryl/α,β-unsaturated/α-hetero) is 2. The van der Waals surface area contributed by atoms with Gasteiger partial charge in [-0.05, 0) is 6.92 Å². The van der Waals surface area contributed by atoms with Gasteiger partial charge in [-0.25, -0.2) is 0 Å². The van der Waals surface area contributed by atoms with Crippen molar-refractivity contribution in [3.8, 4) is 0 Å². The molecule has 0 aromatic heterocycles. The summed E-state index contributed by atoms with van der Waals surface area (Å²) in [6, 6.07) is 0. The standard InChI is InChI=1S/C8H10O4/c1-4(9)8-6(11)2-5(10)3-7(8)12/h5,10-11H,2-3H2,1H3/t5-/m0/s1. The maximum Gasteiger partial charge on any atom is 0.172 e. The number of hydrogen-bond acceptors (Lipinski definition) is 4. The Morgan fingerprint density at radius 2 is 2.08 bits per heavy atom. The van der Waals surface area contributed by atoms with Crippen molar-refractivity contribution in [1.29, 1.82) is 0 Å². The Hall–Kier alpha value is -1.16. The van der Waals surface area contributed by atoms with Crippen LogP contribution in [0.4, 0.5) is 0 Å². The molecule has 1 rings (SSSR count). The Morgan fingerprint density at radius 3 is 2.50 bits per heavy atom. The molecule has 1 aliphatic rings. The molecule has 66 valence electrons. The molecule has 12 heavy (non-hydrogen) atoms. The first-order valence-corrected chi connectivity index (χ1v) is 3.66. The second-order valence-corrected chi connectivity index (χ2v) is 2.86. The molecule has 4 heteroatoms. The molecule has 0 aliphatic heterocycles. The summed E-state index contributed by atoms with van der Waals surface area (Å²) in [6.45, 7) is 1.22. The van der Waals surface area contributed by atoms with Crippen molar-refractivity contribution in [3.05, 3.63) is 11.3 Å². The minimum Gasteiger partial charge on any atom is -0.511 e. The zero-order valence-electron chi connectivity index (χ0n) is 6.70. The van der Waals surface area contributed by atoms with Crippen molar-refractivity contribution in [2.75, 3.05) is 0 Å². The Balaban J connectivity index is 3.01. The van der Waals surface area contributed by atoms with E-state index in [0.717, 1.165) is 0 Å². The fraction of sp³-hybridized carbons (Fsp3) is 0.500. The maximum atomic E-state index is 11.1. The Kier molecular flexibility index (Phi) is 2.28. The Bertz CT molecular complexity index is 264. The number of rotatable bonds is 1. The number of carbonyl (C=O) groups excluding carboxylic acids is 2. The van der Waals surface area contributed by atoms with Crippen LogP contribution in [0, 0.1) is 0 Å². The van der Waals surface area contributed by atoms with Crippen LogP contribution in [0.25, 0.3) is 0 Å². The predicted molar refractivity (Wildman–Crippen MR) is 40.6 cm³/mol. The van der Waals surface area contributed by atoms with E-state index in [1.807, 2.05) is 0 Å². The molecule has 0 aromatic rings. The highest BCUT2D eigenvalue weighted by atomic mass is 16.3. The molecular formula is C8H10O4. The van der Waals surface area contributed by atoms with Gasteiger partial charge in [0.15, 0.2) is 11.6 Å². The van der Waals surface area contributed by atoms with Crippen LogP contribution in [0.3, 0.4) is 0 Å². The van der Waals surface area contributed by atoms with Crippen LogP contribution in [0.5, 0.6) is 0 Å². The molecule has 0 amide bonds. The van der Waals surface area contributed by atoms with Crippen molar-refractivity contribution in [1.82, 2.24) is 0 Å². The van der Waals surface area contributed by atoms with Crippen LogP contribution in [0.2, 0.25) is 0 Å². The second-order valence-electron chi connectivity index (χ2n) is 2.86. The van der Waals surface area contributed by atoms with Crippen molar-refractivity contribution in [3.63, 3.8) is 0 Å². The van der Waals surface area contributed by atoms with Gasteiger partial charge < -0.3 is 10.2 Å². The van der Waals surface area contributed by atoms with Crippen LogP contribution in [0.1, 0.15) is 19.8 Å². The first kappa shape index (κ1) is 8.93. The van der Waals surface area contributed by atoms with Crippen LogP contribution in [0.15, 0.2) is 11.3 Å². The van der Waals surface area contributed by atoms with Crippen molar-refractivity contribution in [2.45, 2.75) is 25.9 Å². The molecule has 0 bridgehead atoms. The summed E-state index contributed by atoms with van der Waals surface area (Å²) in [6.07, 6.45) is -0.916. The van der Waals surface area contributed by atoms with Crippen LogP contribution < -0.4 is 0 Å². The fourth-order valence-corrected chi connectivity index (χ4v) is 1.27. The molecule has 0 fully saturated rings. The van der Waals surface area contributed by atoms with E-state index in [9.17, 15) is 9.59 Å². The molecule has 1 atom stereocenters. The predicted octanol–water partition coefficient (Wildman–Crippen LogP) is 0.111. The topological polar surface area (TPSA) is 74.6 Å². The largest absolute Gasteiger partial charge is 0.511 e. The molecule has 4 nitrogen and oxygen atoms in total. The molecule has 0 aromatic carbocycles. The van der Waals surface area contributed by atoms with Crippen LogP contribution >= 0.6 is 0 Å². The molecule has 2 N–H and O–H groups in total. The van der Waals surface area contributed by atoms with Gasteiger partial charge in [-0.2, -0.15) is 0 Å². The lowest BCUT2D eigenvalue weighted by atomic mass is 9.92. The molecule has 0 spiro atoms. The summed E-state index contributed by atoms with van der Waals surface area (Å²) in [7, 11) is 0. The SMILES string of the molecule is CC(=O)C1=C(O)C[C@H](O)CC1=O. The van der Waals surface area contributed by atoms with E-state index < -0.39 is 17.7 Å². The van der Waals surface area contributed by atoms with E-state index in [0.29, 0.717) is 0 Å². The van der Waals surface area contributed by atoms with Crippen molar-refractivity contribution in [2.24, 2.45) is 0 Å². The molecule has 0 heterocycles. The quantitative estimate of drug-likeness (QED) is 0.548. The zero-order valence-corrected chi connectivity index (χ0v) is 6.70. The first-order chi connectivity index (χ1) is 5.52. The molecule has 0 saturated heterocycles. The van der Waals surface area contributed by atoms with Gasteiger partial charge in [0.1, 0.15) is 5.76 Å². The van der Waals surface area contributed by atoms with Gasteiger partial charge in [0.25, 0.3) is 0 Å². The highest BCUT2D eigenvalue weighted by molar-refractivity contribution is 6.20. The van der Waals surface area contributed by atoms with E-state index in [1.165, 1.54) is 6.92 Å². The normalized spacial score (nSPS) is 24.5. The van der Waals surface area contributed by atoms with Crippen molar-refractivity contribution >= 4 is 11.6 Å². The first-order valence-electron chi connectivity index (χ1n) is 3.66. The van der Waals surface area contributed by atoms with Gasteiger partial charge in [-0.1, -0.05) is 0 Å². The number of carbonyl (C=O) groups is 2. The molecule has 0 unspecified atom stereocenters. The van der Waals surface area contributed by atoms with E-state index >= 15 is 0 Å². The van der Waals surface area contributed by atoms with Gasteiger partial charge in [0.2, 0.25) is 0 Å². The minimum absolute atomic E-state index is 0.000648. The third-order valence-corrected chi connectivity index (χ3v) is 1.77. The van der Waals surface area contributed by atoms with E-state index in [-0.39, 0.29) is 24.2 Å². The second kappa shape index (κ2) is 3.06. The van der Waals surface area contributed by atoms with Gasteiger partial charge in [-0.3, -0.25) is 9.59 Å². The average molecular weight is 170 g/mol. The third-order valence-electron chi connectivity index (χ3n) is 1.77. The van der Waals surface area contributed by atoms with E-state index in [1.54, 1.807) is 0 Å². The molecule has 0 saturated carbocycles. The summed E-state index contributed by atoms with van der Waals surface area (Å²) in [4.78, 5) is 21.9. The van der Waals surface area contributed by atoms with Gasteiger partial charge in [-0.15, -0.1) is 0 Å². The zero-order chi connectivity index (χ0) is 9.30. The lowest BCUT2D eigenvalue weighted by molar-refractivity contribution is -0.122. The summed E-state index contributed by atoms with van der Waals surface area (Å²) >= 11 is 0. The smallest absolute Gasteiger partial charge is 0.172 e. The van der Waals surface area contributed by atoms with Crippen LogP contribution in [-0.2, 0) is 9.59 Å². The molecule has 0 radical (unpaired) electrons. The lowest BCUT2D eigenvalue weighted by Crippen LogP contribution is -2.26. The Morgan fingerprint density at radius 1 is 1.50 bits per heavy atom. The Labute approximate surface area is 69.5 Å². The highest BCUT2D eigenvalue weighted by Gasteiger charge is 2.28. The van der Waals surface area contributed by atoms with Gasteiger partial charge >= 0.3 is 0 Å². The summed E-state index contributed by atoms with van der Waals surface area (Å²) in [5.74, 6) is -1.20. The number of aliphatic hydroxyl groups excluding tert-OH is 2. The number of hydrogen-bond donors (Lipinski definition) is 2. The number of allylic oxidation sites excluding steroid dienone is 1. The summed E-state index contributed by atoms with van der Waals surface area (Å²) in [5.41, 5.74) is -0.152. The van der Waals surface area contributed by atoms with E-state index in [4.69, 9.17) is 10.2 Å². The number of ketones is 2. The van der Waals surface area contributed by atoms with Crippen molar-refractivity contribution < 1.29 is 19.8 Å². The summed E-state index contributed by atoms with van der Waals surface area (Å²) in [5, 5.41) is 18.2. The van der Waals surface area contributed by atoms with Gasteiger partial charge in [0, 0.05) is 12.8 Å². The average Bonchev–Trinajstić information content (AvgIpc) is 1.82. The third kappa shape index (κ3) is 1.53.